The van der Waals surface area contributed by atoms with Crippen molar-refractivity contribution in [3.63, 3.8) is 0 Å². The molecule has 0 aromatic carbocycles. The normalized spacial score (nSPS) is 4.89. The Morgan fingerprint density at radius 2 is 1.44 bits per heavy atom. The van der Waals surface area contributed by atoms with E-state index >= 15 is 0 Å². The second kappa shape index (κ2) is 15.7. The van der Waals surface area contributed by atoms with Crippen LogP contribution in [0.15, 0.2) is 8.26 Å². The summed E-state index contributed by atoms with van der Waals surface area (Å²) in [6, 6.07) is 0. The number of azide groups is 1. The van der Waals surface area contributed by atoms with E-state index in [1.54, 1.807) is 0 Å². The molecule has 0 aliphatic heterocycles. The van der Waals surface area contributed by atoms with Gasteiger partial charge in [-0.1, -0.05) is 7.43 Å². The Bertz CT molecular complexity index is 116. The summed E-state index contributed by atoms with van der Waals surface area (Å²) < 4.78 is 5.66. The van der Waals surface area contributed by atoms with Crippen LogP contribution in [0.25, 0.3) is 20.9 Å². The van der Waals surface area contributed by atoms with Gasteiger partial charge in [0, 0.05) is 27.3 Å². The molecular weight excluding hydrogens is 272 g/mol. The van der Waals surface area contributed by atoms with Crippen LogP contribution in [0.2, 0.25) is 0 Å². The average Bonchev–Trinajstić information content (AvgIpc) is 1.69. The monoisotopic (exact) mass is 277 g/mol. The van der Waals surface area contributed by atoms with Gasteiger partial charge in [-0.25, -0.2) is 0 Å². The van der Waals surface area contributed by atoms with Crippen LogP contribution in [0, 0.1) is 0 Å². The third kappa shape index (κ3) is 18.0. The fraction of sp³-hybridized carbons (Fsp3) is 1.00. The molecule has 0 amide bonds. The van der Waals surface area contributed by atoms with Crippen molar-refractivity contribution in [1.82, 2.24) is 0 Å². The molecular formula is CH4CdCuN6. The van der Waals surface area contributed by atoms with E-state index in [-0.39, 0.29) is 34.7 Å². The van der Waals surface area contributed by atoms with Crippen molar-refractivity contribution >= 4 is 0 Å². The van der Waals surface area contributed by atoms with Crippen LogP contribution in [0.3, 0.4) is 0 Å². The molecule has 51 valence electrons. The first-order valence-corrected chi connectivity index (χ1v) is 1.91. The van der Waals surface area contributed by atoms with E-state index in [1.165, 1.54) is 0 Å². The van der Waals surface area contributed by atoms with Crippen LogP contribution in [0.5, 0.6) is 0 Å². The Labute approximate surface area is 79.0 Å². The number of rotatable bonds is 2. The molecule has 0 spiro atoms. The summed E-state index contributed by atoms with van der Waals surface area (Å²) in [5.41, 5.74) is 15.1. The van der Waals surface area contributed by atoms with Crippen LogP contribution in [0.4, 0.5) is 0 Å². The summed E-state index contributed by atoms with van der Waals surface area (Å²) in [6.45, 7) is 0. The zero-order valence-corrected chi connectivity index (χ0v) is 8.67. The van der Waals surface area contributed by atoms with Gasteiger partial charge < -0.3 is 0 Å². The second-order valence-corrected chi connectivity index (χ2v) is 0.925. The molecule has 0 saturated carbocycles. The number of hydrogen-bond acceptors (Lipinski definition) is 2. The van der Waals surface area contributed by atoms with E-state index < -0.39 is 0 Å². The Morgan fingerprint density at radius 3 is 1.67 bits per heavy atom. The molecule has 0 aliphatic rings. The van der Waals surface area contributed by atoms with Crippen LogP contribution in [-0.2, 0) is 42.7 Å². The fourth-order valence-electron chi connectivity index (χ4n) is 0.0362. The predicted molar refractivity (Wildman–Crippen MR) is 25.0 cm³/mol. The summed E-state index contributed by atoms with van der Waals surface area (Å²) in [4.78, 5) is 4.58. The molecule has 0 unspecified atom stereocenters. The van der Waals surface area contributed by atoms with Crippen LogP contribution >= 0.6 is 0 Å². The van der Waals surface area contributed by atoms with Gasteiger partial charge in [-0.2, -0.15) is 0 Å². The molecule has 0 N–H and O–H groups in total. The molecule has 6 nitrogen and oxygen atoms in total. The van der Waals surface area contributed by atoms with E-state index in [2.05, 4.69) is 18.1 Å². The van der Waals surface area contributed by atoms with Gasteiger partial charge in [0.15, 0.2) is 0 Å². The molecule has 0 fully saturated rings. The fourth-order valence-corrected chi connectivity index (χ4v) is 0.149. The molecule has 0 heterocycles. The maximum atomic E-state index is 7.54. The van der Waals surface area contributed by atoms with Crippen molar-refractivity contribution in [2.75, 3.05) is 0 Å². The predicted octanol–water partition coefficient (Wildman–Crippen LogP) is 2.15. The van der Waals surface area contributed by atoms with Gasteiger partial charge >= 0.3 is 44.5 Å². The van der Waals surface area contributed by atoms with Crippen molar-refractivity contribution in [2.24, 2.45) is 8.26 Å². The van der Waals surface area contributed by atoms with E-state index in [9.17, 15) is 0 Å². The molecule has 0 radical (unpaired) electrons. The van der Waals surface area contributed by atoms with Gasteiger partial charge in [0.05, 0.1) is 0 Å². The first kappa shape index (κ1) is 16.0. The minimum absolute atomic E-state index is 0. The zero-order valence-electron chi connectivity index (χ0n) is 3.69. The topological polar surface area (TPSA) is 97.5 Å². The summed E-state index contributed by atoms with van der Waals surface area (Å²) in [7, 11) is 0. The Hall–Kier alpha value is 0.0616. The van der Waals surface area contributed by atoms with E-state index in [1.807, 2.05) is 0 Å². The van der Waals surface area contributed by atoms with Crippen LogP contribution < -0.4 is 0 Å². The van der Waals surface area contributed by atoms with Crippen molar-refractivity contribution in [2.45, 2.75) is 7.43 Å². The molecule has 9 heavy (non-hydrogen) atoms. The summed E-state index contributed by atoms with van der Waals surface area (Å²) >= 11 is 0.547. The van der Waals surface area contributed by atoms with Crippen LogP contribution in [0.1, 0.15) is 7.43 Å². The van der Waals surface area contributed by atoms with Crippen LogP contribution in [-0.4, -0.2) is 0 Å². The molecule has 0 atom stereocenters. The summed E-state index contributed by atoms with van der Waals surface area (Å²) in [6.07, 6.45) is 0. The summed E-state index contributed by atoms with van der Waals surface area (Å²) in [5, 5.41) is 0. The van der Waals surface area contributed by atoms with Crippen molar-refractivity contribution < 1.29 is 42.7 Å². The molecule has 8 heteroatoms. The molecule has 0 bridgehead atoms. The molecule has 0 saturated heterocycles. The number of hydrogen-bond donors (Lipinski definition) is 0. The van der Waals surface area contributed by atoms with Crippen molar-refractivity contribution in [3.8, 4) is 0 Å². The van der Waals surface area contributed by atoms with E-state index in [0.717, 1.165) is 0 Å². The maximum absolute atomic E-state index is 7.54. The van der Waals surface area contributed by atoms with Gasteiger partial charge in [0.1, 0.15) is 0 Å². The van der Waals surface area contributed by atoms with E-state index in [4.69, 9.17) is 11.1 Å². The minimum atomic E-state index is 0. The molecule has 0 aromatic rings. The van der Waals surface area contributed by atoms with Gasteiger partial charge in [0.25, 0.3) is 0 Å². The van der Waals surface area contributed by atoms with E-state index in [0.29, 0.717) is 15.4 Å². The molecule has 0 aliphatic carbocycles. The van der Waals surface area contributed by atoms with Gasteiger partial charge in [-0.15, -0.1) is 0 Å². The first-order valence-electron chi connectivity index (χ1n) is 1.07. The first-order chi connectivity index (χ1) is 3.41. The quantitative estimate of drug-likeness (QED) is 0.319. The van der Waals surface area contributed by atoms with Crippen molar-refractivity contribution in [3.05, 3.63) is 20.9 Å². The second-order valence-electron chi connectivity index (χ2n) is 0.360. The molecule has 0 rings (SSSR count). The molecule has 0 aromatic heterocycles. The SMILES string of the molecule is C.[Cd].[N-]=[N+]=[N][Cu][N]=[N+]=[N-]. The Kier molecular flexibility index (Phi) is 27.9. The Balaban J connectivity index is -0.000000180. The third-order valence-corrected chi connectivity index (χ3v) is 0.445. The van der Waals surface area contributed by atoms with Gasteiger partial charge in [-0.3, -0.25) is 0 Å². The van der Waals surface area contributed by atoms with Gasteiger partial charge in [-0.05, 0) is 0 Å². The van der Waals surface area contributed by atoms with Gasteiger partial charge in [0.2, 0.25) is 0 Å². The Morgan fingerprint density at radius 1 is 1.11 bits per heavy atom. The number of nitrogens with zero attached hydrogens (tertiary/aromatic N) is 6. The summed E-state index contributed by atoms with van der Waals surface area (Å²) in [5.74, 6) is 0. The zero-order chi connectivity index (χ0) is 5.54. The van der Waals surface area contributed by atoms with Crippen molar-refractivity contribution in [1.29, 1.82) is 0 Å². The third-order valence-electron chi connectivity index (χ3n) is 0.108. The standard InChI is InChI=1S/CH4.Cd.Cu.2N3/c;;;2*1-3-2/h1H4;;;;/q;;+2;2*-1. The average molecular weight is 276 g/mol.